The number of carbonyl (C=O) groups excluding carboxylic acids is 3. The average molecular weight is 472 g/mol. The SMILES string of the molecule is CC#CC(=O)N1CCCC1c1nc(-c2ccc(C(=O)Nc3cc(C)ccn3)cc2)c(C(N)=O)n1N. The van der Waals surface area contributed by atoms with Crippen molar-refractivity contribution < 1.29 is 14.4 Å². The second-order valence-corrected chi connectivity index (χ2v) is 8.18. The van der Waals surface area contributed by atoms with E-state index in [-0.39, 0.29) is 23.2 Å². The van der Waals surface area contributed by atoms with Crippen molar-refractivity contribution in [3.63, 3.8) is 0 Å². The minimum atomic E-state index is -0.752. The summed E-state index contributed by atoms with van der Waals surface area (Å²) in [7, 11) is 0. The van der Waals surface area contributed by atoms with Crippen LogP contribution in [-0.2, 0) is 4.79 Å². The maximum atomic E-state index is 12.6. The van der Waals surface area contributed by atoms with Gasteiger partial charge in [-0.1, -0.05) is 18.1 Å². The number of hydrogen-bond acceptors (Lipinski definition) is 6. The average Bonchev–Trinajstić information content (AvgIpc) is 3.44. The molecule has 0 radical (unpaired) electrons. The number of imidazole rings is 1. The molecule has 1 saturated heterocycles. The van der Waals surface area contributed by atoms with E-state index in [0.717, 1.165) is 16.7 Å². The summed E-state index contributed by atoms with van der Waals surface area (Å²) in [6.07, 6.45) is 3.01. The summed E-state index contributed by atoms with van der Waals surface area (Å²) in [5.74, 6) is 10.8. The molecule has 1 unspecified atom stereocenters. The van der Waals surface area contributed by atoms with Gasteiger partial charge in [-0.2, -0.15) is 0 Å². The normalized spacial score (nSPS) is 14.8. The molecular weight excluding hydrogens is 446 g/mol. The van der Waals surface area contributed by atoms with Gasteiger partial charge in [0, 0.05) is 23.9 Å². The lowest BCUT2D eigenvalue weighted by Crippen LogP contribution is -2.33. The number of pyridine rings is 1. The van der Waals surface area contributed by atoms with E-state index in [1.165, 1.54) is 0 Å². The quantitative estimate of drug-likeness (QED) is 0.383. The van der Waals surface area contributed by atoms with Crippen molar-refractivity contribution in [1.29, 1.82) is 0 Å². The van der Waals surface area contributed by atoms with E-state index in [1.807, 2.05) is 13.0 Å². The lowest BCUT2D eigenvalue weighted by Gasteiger charge is -2.21. The lowest BCUT2D eigenvalue weighted by molar-refractivity contribution is -0.126. The molecular formula is C25H25N7O3. The fourth-order valence-electron chi connectivity index (χ4n) is 4.15. The molecule has 0 aliphatic carbocycles. The van der Waals surface area contributed by atoms with Gasteiger partial charge in [0.05, 0.1) is 6.04 Å². The molecule has 5 N–H and O–H groups in total. The highest BCUT2D eigenvalue weighted by molar-refractivity contribution is 6.04. The van der Waals surface area contributed by atoms with E-state index >= 15 is 0 Å². The molecule has 35 heavy (non-hydrogen) atoms. The number of likely N-dealkylation sites (tertiary alicyclic amines) is 1. The second-order valence-electron chi connectivity index (χ2n) is 8.18. The molecule has 3 heterocycles. The molecule has 1 aliphatic rings. The van der Waals surface area contributed by atoms with Gasteiger partial charge < -0.3 is 21.8 Å². The first-order valence-corrected chi connectivity index (χ1v) is 11.1. The highest BCUT2D eigenvalue weighted by Gasteiger charge is 2.35. The highest BCUT2D eigenvalue weighted by Crippen LogP contribution is 2.34. The topological polar surface area (TPSA) is 149 Å². The molecule has 3 amide bonds. The molecule has 4 rings (SSSR count). The molecule has 1 aromatic carbocycles. The van der Waals surface area contributed by atoms with Gasteiger partial charge in [0.2, 0.25) is 0 Å². The summed E-state index contributed by atoms with van der Waals surface area (Å²) in [6.45, 7) is 4.02. The molecule has 10 heteroatoms. The molecule has 1 aliphatic heterocycles. The number of aryl methyl sites for hydroxylation is 1. The number of amides is 3. The maximum absolute atomic E-state index is 12.6. The zero-order chi connectivity index (χ0) is 25.1. The number of carbonyl (C=O) groups is 3. The van der Waals surface area contributed by atoms with E-state index < -0.39 is 11.9 Å². The zero-order valence-corrected chi connectivity index (χ0v) is 19.4. The van der Waals surface area contributed by atoms with Crippen LogP contribution in [-0.4, -0.2) is 43.8 Å². The highest BCUT2D eigenvalue weighted by atomic mass is 16.2. The first-order valence-electron chi connectivity index (χ1n) is 11.1. The van der Waals surface area contributed by atoms with Crippen LogP contribution in [0.5, 0.6) is 0 Å². The number of rotatable bonds is 5. The predicted octanol–water partition coefficient (Wildman–Crippen LogP) is 2.01. The Kier molecular flexibility index (Phi) is 6.51. The second kappa shape index (κ2) is 9.69. The molecule has 10 nitrogen and oxygen atoms in total. The third-order valence-electron chi connectivity index (χ3n) is 5.79. The minimum Gasteiger partial charge on any atom is -0.364 e. The van der Waals surface area contributed by atoms with Crippen LogP contribution in [0.1, 0.15) is 58.0 Å². The molecule has 3 aromatic rings. The van der Waals surface area contributed by atoms with Crippen LogP contribution >= 0.6 is 0 Å². The third kappa shape index (κ3) is 4.70. The van der Waals surface area contributed by atoms with Gasteiger partial charge in [-0.25, -0.2) is 14.6 Å². The van der Waals surface area contributed by atoms with E-state index in [9.17, 15) is 14.4 Å². The van der Waals surface area contributed by atoms with Gasteiger partial charge in [-0.05, 0) is 62.4 Å². The molecule has 178 valence electrons. The fraction of sp³-hybridized carbons (Fsp3) is 0.240. The third-order valence-corrected chi connectivity index (χ3v) is 5.79. The number of nitrogen functional groups attached to an aromatic ring is 1. The van der Waals surface area contributed by atoms with Crippen LogP contribution in [0.3, 0.4) is 0 Å². The standard InChI is InChI=1S/C25H25N7O3/c1-3-5-20(33)31-13-4-6-18(31)24-30-21(22(23(26)34)32(24)27)16-7-9-17(10-8-16)25(35)29-19-14-15(2)11-12-28-19/h7-12,14,18H,4,6,13,27H2,1-2H3,(H2,26,34)(H,28,29,35). The van der Waals surface area contributed by atoms with E-state index in [4.69, 9.17) is 11.6 Å². The maximum Gasteiger partial charge on any atom is 0.299 e. The van der Waals surface area contributed by atoms with Crippen LogP contribution in [0.15, 0.2) is 42.6 Å². The van der Waals surface area contributed by atoms with Gasteiger partial charge in [-0.15, -0.1) is 0 Å². The monoisotopic (exact) mass is 471 g/mol. The Morgan fingerprint density at radius 2 is 1.91 bits per heavy atom. The summed E-state index contributed by atoms with van der Waals surface area (Å²) >= 11 is 0. The molecule has 0 spiro atoms. The Bertz CT molecular complexity index is 1370. The van der Waals surface area contributed by atoms with Crippen LogP contribution in [0.4, 0.5) is 5.82 Å². The van der Waals surface area contributed by atoms with Crippen molar-refractivity contribution >= 4 is 23.5 Å². The lowest BCUT2D eigenvalue weighted by atomic mass is 10.1. The predicted molar refractivity (Wildman–Crippen MR) is 130 cm³/mol. The van der Waals surface area contributed by atoms with Crippen LogP contribution in [0.25, 0.3) is 11.3 Å². The Balaban J connectivity index is 1.64. The van der Waals surface area contributed by atoms with Crippen molar-refractivity contribution in [2.45, 2.75) is 32.7 Å². The van der Waals surface area contributed by atoms with Gasteiger partial charge in [0.25, 0.3) is 17.7 Å². The first-order chi connectivity index (χ1) is 16.8. The minimum absolute atomic E-state index is 0.0158. The van der Waals surface area contributed by atoms with Crippen LogP contribution < -0.4 is 16.9 Å². The molecule has 0 bridgehead atoms. The Morgan fingerprint density at radius 3 is 2.57 bits per heavy atom. The van der Waals surface area contributed by atoms with Crippen molar-refractivity contribution in [3.05, 3.63) is 65.2 Å². The van der Waals surface area contributed by atoms with Crippen molar-refractivity contribution in [1.82, 2.24) is 19.5 Å². The Labute approximate surface area is 202 Å². The fourth-order valence-corrected chi connectivity index (χ4v) is 4.15. The molecule has 0 saturated carbocycles. The van der Waals surface area contributed by atoms with Crippen LogP contribution in [0, 0.1) is 18.8 Å². The molecule has 1 fully saturated rings. The van der Waals surface area contributed by atoms with Gasteiger partial charge in [-0.3, -0.25) is 14.4 Å². The van der Waals surface area contributed by atoms with Gasteiger partial charge >= 0.3 is 0 Å². The largest absolute Gasteiger partial charge is 0.364 e. The molecule has 1 atom stereocenters. The smallest absolute Gasteiger partial charge is 0.299 e. The number of nitrogens with one attached hydrogen (secondary N) is 1. The first kappa shape index (κ1) is 23.5. The number of anilines is 1. The summed E-state index contributed by atoms with van der Waals surface area (Å²) < 4.78 is 1.15. The summed E-state index contributed by atoms with van der Waals surface area (Å²) in [6, 6.07) is 9.74. The summed E-state index contributed by atoms with van der Waals surface area (Å²) in [5, 5.41) is 2.75. The van der Waals surface area contributed by atoms with E-state index in [0.29, 0.717) is 35.7 Å². The molecule has 2 aromatic heterocycles. The van der Waals surface area contributed by atoms with Gasteiger partial charge in [0.15, 0.2) is 11.5 Å². The number of nitrogens with zero attached hydrogens (tertiary/aromatic N) is 4. The van der Waals surface area contributed by atoms with Crippen molar-refractivity contribution in [3.8, 4) is 23.1 Å². The number of hydrogen-bond donors (Lipinski definition) is 3. The van der Waals surface area contributed by atoms with E-state index in [2.05, 4.69) is 27.1 Å². The Hall–Kier alpha value is -4.65. The number of aromatic nitrogens is 3. The number of nitrogens with two attached hydrogens (primary N) is 2. The van der Waals surface area contributed by atoms with Gasteiger partial charge in [0.1, 0.15) is 11.5 Å². The van der Waals surface area contributed by atoms with Crippen LogP contribution in [0.2, 0.25) is 0 Å². The zero-order valence-electron chi connectivity index (χ0n) is 19.4. The van der Waals surface area contributed by atoms with Crippen molar-refractivity contribution in [2.75, 3.05) is 17.7 Å². The van der Waals surface area contributed by atoms with Crippen molar-refractivity contribution in [2.24, 2.45) is 5.73 Å². The Morgan fingerprint density at radius 1 is 1.17 bits per heavy atom. The number of benzene rings is 1. The summed E-state index contributed by atoms with van der Waals surface area (Å²) in [5.41, 5.74) is 7.85. The summed E-state index contributed by atoms with van der Waals surface area (Å²) in [4.78, 5) is 47.7. The number of primary amides is 1. The van der Waals surface area contributed by atoms with E-state index in [1.54, 1.807) is 48.4 Å².